The maximum Gasteiger partial charge on any atom is 0.129 e. The molecule has 0 saturated carbocycles. The highest BCUT2D eigenvalue weighted by atomic mass is 19.1. The lowest BCUT2D eigenvalue weighted by Crippen LogP contribution is -1.98. The van der Waals surface area contributed by atoms with E-state index in [1.54, 1.807) is 36.3 Å². The minimum absolute atomic E-state index is 0.319. The van der Waals surface area contributed by atoms with Gasteiger partial charge in [-0.3, -0.25) is 4.68 Å². The van der Waals surface area contributed by atoms with Gasteiger partial charge in [0, 0.05) is 25.0 Å². The topological polar surface area (TPSA) is 69.6 Å². The molecule has 0 atom stereocenters. The molecule has 2 aromatic heterocycles. The Kier molecular flexibility index (Phi) is 2.90. The fourth-order valence-electron chi connectivity index (χ4n) is 2.09. The number of aryl methyl sites for hydroxylation is 1. The summed E-state index contributed by atoms with van der Waals surface area (Å²) < 4.78 is 15.0. The minimum Gasteiger partial charge on any atom is -0.383 e. The molecule has 2 heterocycles. The average molecular weight is 269 g/mol. The molecule has 0 spiro atoms. The third kappa shape index (κ3) is 2.01. The highest BCUT2D eigenvalue weighted by Crippen LogP contribution is 2.35. The lowest BCUT2D eigenvalue weighted by atomic mass is 10.0. The molecule has 0 fully saturated rings. The smallest absolute Gasteiger partial charge is 0.129 e. The van der Waals surface area contributed by atoms with Crippen molar-refractivity contribution in [3.63, 3.8) is 0 Å². The molecule has 100 valence electrons. The van der Waals surface area contributed by atoms with Crippen molar-refractivity contribution in [1.29, 1.82) is 0 Å². The number of nitrogens with two attached hydrogens (primary N) is 1. The molecule has 0 aliphatic carbocycles. The van der Waals surface area contributed by atoms with E-state index in [0.29, 0.717) is 22.6 Å². The van der Waals surface area contributed by atoms with Gasteiger partial charge in [-0.15, -0.1) is 0 Å². The molecule has 3 aromatic rings. The van der Waals surface area contributed by atoms with E-state index in [4.69, 9.17) is 5.73 Å². The van der Waals surface area contributed by atoms with Crippen LogP contribution in [0.3, 0.4) is 0 Å². The van der Waals surface area contributed by atoms with Crippen LogP contribution in [0.25, 0.3) is 22.4 Å². The predicted molar refractivity (Wildman–Crippen MR) is 74.0 cm³/mol. The van der Waals surface area contributed by atoms with Crippen LogP contribution in [0.5, 0.6) is 0 Å². The number of rotatable bonds is 2. The van der Waals surface area contributed by atoms with Gasteiger partial charge in [-0.25, -0.2) is 14.4 Å². The Hall–Kier alpha value is -2.76. The average Bonchev–Trinajstić information content (AvgIpc) is 2.76. The van der Waals surface area contributed by atoms with Crippen molar-refractivity contribution < 1.29 is 4.39 Å². The number of aromatic nitrogens is 4. The van der Waals surface area contributed by atoms with E-state index in [0.717, 1.165) is 5.56 Å². The van der Waals surface area contributed by atoms with Gasteiger partial charge < -0.3 is 5.73 Å². The van der Waals surface area contributed by atoms with Crippen molar-refractivity contribution in [3.8, 4) is 22.4 Å². The van der Waals surface area contributed by atoms with Gasteiger partial charge >= 0.3 is 0 Å². The summed E-state index contributed by atoms with van der Waals surface area (Å²) in [5, 5.41) is 4.38. The molecule has 0 aliphatic heterocycles. The van der Waals surface area contributed by atoms with Gasteiger partial charge in [0.1, 0.15) is 23.7 Å². The van der Waals surface area contributed by atoms with Crippen LogP contribution >= 0.6 is 0 Å². The maximum absolute atomic E-state index is 13.4. The van der Waals surface area contributed by atoms with Crippen LogP contribution in [0, 0.1) is 5.82 Å². The van der Waals surface area contributed by atoms with Gasteiger partial charge in [-0.1, -0.05) is 12.1 Å². The molecule has 0 saturated heterocycles. The summed E-state index contributed by atoms with van der Waals surface area (Å²) in [6.45, 7) is 0. The van der Waals surface area contributed by atoms with Gasteiger partial charge in [-0.05, 0) is 17.7 Å². The van der Waals surface area contributed by atoms with Gasteiger partial charge in [0.25, 0.3) is 0 Å². The molecule has 1 aromatic carbocycles. The van der Waals surface area contributed by atoms with E-state index in [1.165, 1.54) is 18.5 Å². The van der Waals surface area contributed by atoms with Gasteiger partial charge in [0.2, 0.25) is 0 Å². The highest BCUT2D eigenvalue weighted by Gasteiger charge is 2.18. The molecule has 0 bridgehead atoms. The van der Waals surface area contributed by atoms with Crippen LogP contribution in [0.4, 0.5) is 10.2 Å². The van der Waals surface area contributed by atoms with E-state index >= 15 is 0 Å². The first-order valence-corrected chi connectivity index (χ1v) is 6.00. The first-order chi connectivity index (χ1) is 9.66. The number of nitrogens with zero attached hydrogens (tertiary/aromatic N) is 4. The minimum atomic E-state index is -0.319. The van der Waals surface area contributed by atoms with Crippen molar-refractivity contribution in [2.75, 3.05) is 5.73 Å². The zero-order chi connectivity index (χ0) is 14.1. The Labute approximate surface area is 114 Å². The van der Waals surface area contributed by atoms with Crippen molar-refractivity contribution >= 4 is 5.82 Å². The first-order valence-electron chi connectivity index (χ1n) is 6.00. The SMILES string of the molecule is Cn1nc(-c2cncnc2)c(-c2cccc(F)c2)c1N. The molecule has 3 rings (SSSR count). The Morgan fingerprint density at radius 1 is 1.15 bits per heavy atom. The largest absolute Gasteiger partial charge is 0.383 e. The van der Waals surface area contributed by atoms with E-state index in [1.807, 2.05) is 0 Å². The predicted octanol–water partition coefficient (Wildman–Crippen LogP) is 2.27. The van der Waals surface area contributed by atoms with Crippen LogP contribution in [-0.4, -0.2) is 19.7 Å². The van der Waals surface area contributed by atoms with Crippen molar-refractivity contribution in [3.05, 3.63) is 48.8 Å². The van der Waals surface area contributed by atoms with E-state index in [-0.39, 0.29) is 5.82 Å². The third-order valence-electron chi connectivity index (χ3n) is 3.04. The molecule has 20 heavy (non-hydrogen) atoms. The van der Waals surface area contributed by atoms with Crippen LogP contribution < -0.4 is 5.73 Å². The molecular formula is C14H12FN5. The van der Waals surface area contributed by atoms with Crippen molar-refractivity contribution in [2.45, 2.75) is 0 Å². The number of anilines is 1. The first kappa shape index (κ1) is 12.3. The van der Waals surface area contributed by atoms with Gasteiger partial charge in [0.15, 0.2) is 0 Å². The summed E-state index contributed by atoms with van der Waals surface area (Å²) >= 11 is 0. The molecular weight excluding hydrogens is 257 g/mol. The fourth-order valence-corrected chi connectivity index (χ4v) is 2.09. The summed E-state index contributed by atoms with van der Waals surface area (Å²) in [6.07, 6.45) is 4.74. The molecule has 0 radical (unpaired) electrons. The van der Waals surface area contributed by atoms with Crippen molar-refractivity contribution in [2.24, 2.45) is 7.05 Å². The molecule has 6 heteroatoms. The summed E-state index contributed by atoms with van der Waals surface area (Å²) in [5.74, 6) is 0.149. The second-order valence-corrected chi connectivity index (χ2v) is 4.37. The number of benzene rings is 1. The van der Waals surface area contributed by atoms with E-state index in [2.05, 4.69) is 15.1 Å². The number of nitrogen functional groups attached to an aromatic ring is 1. The van der Waals surface area contributed by atoms with Gasteiger partial charge in [0.05, 0.1) is 5.56 Å². The molecule has 0 amide bonds. The monoisotopic (exact) mass is 269 g/mol. The van der Waals surface area contributed by atoms with Gasteiger partial charge in [-0.2, -0.15) is 5.10 Å². The third-order valence-corrected chi connectivity index (χ3v) is 3.04. The summed E-state index contributed by atoms with van der Waals surface area (Å²) in [4.78, 5) is 7.95. The maximum atomic E-state index is 13.4. The quantitative estimate of drug-likeness (QED) is 0.774. The lowest BCUT2D eigenvalue weighted by Gasteiger charge is -2.04. The summed E-state index contributed by atoms with van der Waals surface area (Å²) in [5.41, 5.74) is 8.79. The zero-order valence-electron chi connectivity index (χ0n) is 10.8. The number of hydrogen-bond acceptors (Lipinski definition) is 4. The van der Waals surface area contributed by atoms with Crippen LogP contribution in [-0.2, 0) is 7.05 Å². The van der Waals surface area contributed by atoms with Crippen LogP contribution in [0.2, 0.25) is 0 Å². The number of halogens is 1. The normalized spacial score (nSPS) is 10.7. The molecule has 5 nitrogen and oxygen atoms in total. The van der Waals surface area contributed by atoms with Crippen LogP contribution in [0.1, 0.15) is 0 Å². The van der Waals surface area contributed by atoms with Crippen molar-refractivity contribution in [1.82, 2.24) is 19.7 Å². The number of hydrogen-bond donors (Lipinski definition) is 1. The molecule has 0 unspecified atom stereocenters. The molecule has 2 N–H and O–H groups in total. The molecule has 0 aliphatic rings. The lowest BCUT2D eigenvalue weighted by molar-refractivity contribution is 0.628. The Balaban J connectivity index is 2.25. The standard InChI is InChI=1S/C14H12FN5/c1-20-14(16)12(9-3-2-4-11(15)5-9)13(19-20)10-6-17-8-18-7-10/h2-8H,16H2,1H3. The second-order valence-electron chi connectivity index (χ2n) is 4.37. The zero-order valence-corrected chi connectivity index (χ0v) is 10.8. The van der Waals surface area contributed by atoms with Crippen LogP contribution in [0.15, 0.2) is 43.0 Å². The summed E-state index contributed by atoms with van der Waals surface area (Å²) in [6, 6.07) is 6.26. The Bertz CT molecular complexity index is 752. The fraction of sp³-hybridized carbons (Fsp3) is 0.0714. The van der Waals surface area contributed by atoms with E-state index in [9.17, 15) is 4.39 Å². The second kappa shape index (κ2) is 4.73. The Morgan fingerprint density at radius 2 is 1.90 bits per heavy atom. The van der Waals surface area contributed by atoms with E-state index < -0.39 is 0 Å². The Morgan fingerprint density at radius 3 is 2.60 bits per heavy atom. The summed E-state index contributed by atoms with van der Waals surface area (Å²) in [7, 11) is 1.74. The highest BCUT2D eigenvalue weighted by molar-refractivity contribution is 5.87.